The zero-order valence-electron chi connectivity index (χ0n) is 12.2. The van der Waals surface area contributed by atoms with Crippen LogP contribution in [0.3, 0.4) is 0 Å². The van der Waals surface area contributed by atoms with Crippen molar-refractivity contribution < 1.29 is 4.74 Å². The second-order valence-corrected chi connectivity index (χ2v) is 5.66. The third kappa shape index (κ3) is 2.59. The number of aromatic nitrogens is 2. The van der Waals surface area contributed by atoms with Gasteiger partial charge in [-0.25, -0.2) is 9.97 Å². The fourth-order valence-electron chi connectivity index (χ4n) is 2.25. The van der Waals surface area contributed by atoms with E-state index in [9.17, 15) is 5.26 Å². The van der Waals surface area contributed by atoms with Crippen LogP contribution in [0.4, 0.5) is 5.82 Å². The molecule has 2 heterocycles. The first-order chi connectivity index (χ1) is 10.7. The van der Waals surface area contributed by atoms with Gasteiger partial charge in [0.05, 0.1) is 18.1 Å². The Balaban J connectivity index is 1.92. The molecule has 0 aliphatic heterocycles. The van der Waals surface area contributed by atoms with Crippen LogP contribution in [0.1, 0.15) is 24.1 Å². The number of fused-ring (bicyclic) bond motifs is 1. The zero-order chi connectivity index (χ0) is 15.5. The number of thiophene rings is 1. The van der Waals surface area contributed by atoms with E-state index in [-0.39, 0.29) is 6.04 Å². The molecule has 5 nitrogen and oxygen atoms in total. The van der Waals surface area contributed by atoms with E-state index in [0.717, 1.165) is 21.5 Å². The molecule has 3 rings (SSSR count). The van der Waals surface area contributed by atoms with Crippen LogP contribution in [0.5, 0.6) is 5.75 Å². The average Bonchev–Trinajstić information content (AvgIpc) is 2.99. The molecular formula is C16H14N4OS. The van der Waals surface area contributed by atoms with Gasteiger partial charge in [0.1, 0.15) is 28.8 Å². The van der Waals surface area contributed by atoms with Crippen LogP contribution in [-0.2, 0) is 0 Å². The van der Waals surface area contributed by atoms with Gasteiger partial charge in [-0.15, -0.1) is 11.3 Å². The summed E-state index contributed by atoms with van der Waals surface area (Å²) in [7, 11) is 1.65. The fraction of sp³-hybridized carbons (Fsp3) is 0.188. The lowest BCUT2D eigenvalue weighted by Gasteiger charge is -2.16. The molecule has 0 spiro atoms. The van der Waals surface area contributed by atoms with Gasteiger partial charge < -0.3 is 10.1 Å². The molecule has 6 heteroatoms. The van der Waals surface area contributed by atoms with Gasteiger partial charge in [-0.05, 0) is 24.6 Å². The van der Waals surface area contributed by atoms with Crippen LogP contribution in [0, 0.1) is 11.3 Å². The van der Waals surface area contributed by atoms with E-state index >= 15 is 0 Å². The molecule has 0 bridgehead atoms. The summed E-state index contributed by atoms with van der Waals surface area (Å²) < 4.78 is 5.17. The maximum absolute atomic E-state index is 9.22. The topological polar surface area (TPSA) is 70.8 Å². The molecular weight excluding hydrogens is 296 g/mol. The molecule has 0 fully saturated rings. The molecule has 0 aliphatic rings. The summed E-state index contributed by atoms with van der Waals surface area (Å²) in [5, 5.41) is 15.2. The number of benzene rings is 1. The lowest BCUT2D eigenvalue weighted by Crippen LogP contribution is -2.08. The van der Waals surface area contributed by atoms with Crippen molar-refractivity contribution in [1.29, 1.82) is 5.26 Å². The normalized spacial score (nSPS) is 11.9. The summed E-state index contributed by atoms with van der Waals surface area (Å²) in [6.45, 7) is 2.05. The summed E-state index contributed by atoms with van der Waals surface area (Å²) in [4.78, 5) is 9.32. The Morgan fingerprint density at radius 3 is 2.73 bits per heavy atom. The van der Waals surface area contributed by atoms with Gasteiger partial charge in [0.2, 0.25) is 0 Å². The number of ether oxygens (including phenoxy) is 1. The minimum absolute atomic E-state index is 0.0513. The van der Waals surface area contributed by atoms with E-state index in [1.165, 1.54) is 17.7 Å². The number of hydrogen-bond acceptors (Lipinski definition) is 6. The van der Waals surface area contributed by atoms with Gasteiger partial charge in [0.25, 0.3) is 0 Å². The Kier molecular flexibility index (Phi) is 3.90. The lowest BCUT2D eigenvalue weighted by molar-refractivity contribution is 0.414. The standard InChI is InChI=1S/C16H14N4OS/c1-10(11-3-5-13(21-2)6-4-11)20-15-14-12(7-17)8-22-16(14)19-9-18-15/h3-6,8-10H,1-2H3,(H,18,19,20). The second-order valence-electron chi connectivity index (χ2n) is 4.80. The summed E-state index contributed by atoms with van der Waals surface area (Å²) in [5.41, 5.74) is 1.71. The van der Waals surface area contributed by atoms with Gasteiger partial charge in [-0.3, -0.25) is 0 Å². The Labute approximate surface area is 132 Å². The van der Waals surface area contributed by atoms with Crippen molar-refractivity contribution in [2.75, 3.05) is 12.4 Å². The van der Waals surface area contributed by atoms with Crippen molar-refractivity contribution >= 4 is 27.4 Å². The molecule has 3 aromatic rings. The minimum Gasteiger partial charge on any atom is -0.497 e. The highest BCUT2D eigenvalue weighted by Crippen LogP contribution is 2.30. The van der Waals surface area contributed by atoms with Crippen molar-refractivity contribution in [3.63, 3.8) is 0 Å². The number of nitrogens with zero attached hydrogens (tertiary/aromatic N) is 3. The van der Waals surface area contributed by atoms with Crippen LogP contribution < -0.4 is 10.1 Å². The van der Waals surface area contributed by atoms with Gasteiger partial charge >= 0.3 is 0 Å². The molecule has 0 saturated heterocycles. The molecule has 1 aromatic carbocycles. The highest BCUT2D eigenvalue weighted by atomic mass is 32.1. The predicted octanol–water partition coefficient (Wildman–Crippen LogP) is 3.74. The van der Waals surface area contributed by atoms with Crippen LogP contribution >= 0.6 is 11.3 Å². The summed E-state index contributed by atoms with van der Waals surface area (Å²) >= 11 is 1.45. The van der Waals surface area contributed by atoms with Crippen molar-refractivity contribution in [3.8, 4) is 11.8 Å². The maximum atomic E-state index is 9.22. The lowest BCUT2D eigenvalue weighted by atomic mass is 10.1. The molecule has 0 aliphatic carbocycles. The van der Waals surface area contributed by atoms with E-state index in [1.54, 1.807) is 7.11 Å². The van der Waals surface area contributed by atoms with Crippen molar-refractivity contribution in [3.05, 3.63) is 47.1 Å². The Hall–Kier alpha value is -2.65. The van der Waals surface area contributed by atoms with Crippen molar-refractivity contribution in [2.24, 2.45) is 0 Å². The molecule has 1 atom stereocenters. The zero-order valence-corrected chi connectivity index (χ0v) is 13.0. The van der Waals surface area contributed by atoms with Gasteiger partial charge in [-0.1, -0.05) is 12.1 Å². The number of nitrogens with one attached hydrogen (secondary N) is 1. The monoisotopic (exact) mass is 310 g/mol. The number of methoxy groups -OCH3 is 1. The third-order valence-electron chi connectivity index (χ3n) is 3.46. The first-order valence-corrected chi connectivity index (χ1v) is 7.63. The van der Waals surface area contributed by atoms with E-state index in [0.29, 0.717) is 11.4 Å². The highest BCUT2D eigenvalue weighted by Gasteiger charge is 2.14. The number of hydrogen-bond donors (Lipinski definition) is 1. The van der Waals surface area contributed by atoms with Crippen LogP contribution in [0.25, 0.3) is 10.2 Å². The first kappa shape index (κ1) is 14.3. The fourth-order valence-corrected chi connectivity index (χ4v) is 3.08. The van der Waals surface area contributed by atoms with Crippen LogP contribution in [-0.4, -0.2) is 17.1 Å². The van der Waals surface area contributed by atoms with Gasteiger partial charge in [0, 0.05) is 11.4 Å². The molecule has 1 N–H and O–H groups in total. The van der Waals surface area contributed by atoms with Crippen LogP contribution in [0.2, 0.25) is 0 Å². The quantitative estimate of drug-likeness (QED) is 0.794. The Morgan fingerprint density at radius 2 is 2.05 bits per heavy atom. The minimum atomic E-state index is 0.0513. The Bertz CT molecular complexity index is 835. The predicted molar refractivity (Wildman–Crippen MR) is 87.2 cm³/mol. The number of anilines is 1. The van der Waals surface area contributed by atoms with E-state index in [1.807, 2.05) is 36.6 Å². The molecule has 1 unspecified atom stereocenters. The van der Waals surface area contributed by atoms with E-state index in [2.05, 4.69) is 21.4 Å². The largest absolute Gasteiger partial charge is 0.497 e. The van der Waals surface area contributed by atoms with Gasteiger partial charge in [-0.2, -0.15) is 5.26 Å². The SMILES string of the molecule is COc1ccc(C(C)Nc2ncnc3scc(C#N)c23)cc1. The summed E-state index contributed by atoms with van der Waals surface area (Å²) in [5.74, 6) is 1.51. The number of nitriles is 1. The molecule has 22 heavy (non-hydrogen) atoms. The van der Waals surface area contributed by atoms with Crippen molar-refractivity contribution in [2.45, 2.75) is 13.0 Å². The van der Waals surface area contributed by atoms with Crippen LogP contribution in [0.15, 0.2) is 36.0 Å². The highest BCUT2D eigenvalue weighted by molar-refractivity contribution is 7.17. The summed E-state index contributed by atoms with van der Waals surface area (Å²) in [6.07, 6.45) is 1.52. The average molecular weight is 310 g/mol. The molecule has 110 valence electrons. The van der Waals surface area contributed by atoms with E-state index < -0.39 is 0 Å². The first-order valence-electron chi connectivity index (χ1n) is 6.75. The second kappa shape index (κ2) is 6.00. The maximum Gasteiger partial charge on any atom is 0.140 e. The van der Waals surface area contributed by atoms with E-state index in [4.69, 9.17) is 4.74 Å². The molecule has 0 radical (unpaired) electrons. The van der Waals surface area contributed by atoms with Gasteiger partial charge in [0.15, 0.2) is 0 Å². The number of rotatable bonds is 4. The smallest absolute Gasteiger partial charge is 0.140 e. The Morgan fingerprint density at radius 1 is 1.27 bits per heavy atom. The molecule has 0 saturated carbocycles. The summed E-state index contributed by atoms with van der Waals surface area (Å²) in [6, 6.07) is 10.1. The third-order valence-corrected chi connectivity index (χ3v) is 4.35. The molecule has 0 amide bonds. The molecule has 2 aromatic heterocycles. The van der Waals surface area contributed by atoms with Crippen molar-refractivity contribution in [1.82, 2.24) is 9.97 Å².